The quantitative estimate of drug-likeness (QED) is 0.0245. The first-order valence-electron chi connectivity index (χ1n) is 24.6. The molecule has 0 saturated carbocycles. The van der Waals surface area contributed by atoms with Gasteiger partial charge in [0.2, 0.25) is 5.91 Å². The molecule has 0 radical (unpaired) electrons. The van der Waals surface area contributed by atoms with Gasteiger partial charge in [-0.2, -0.15) is 0 Å². The van der Waals surface area contributed by atoms with Crippen LogP contribution in [0.25, 0.3) is 23.8 Å². The minimum absolute atomic E-state index is 0.0310. The number of aliphatic hydroxyl groups is 1. The maximum atomic E-state index is 13.5. The highest BCUT2D eigenvalue weighted by atomic mass is 19.2. The van der Waals surface area contributed by atoms with Gasteiger partial charge in [-0.15, -0.1) is 0 Å². The highest BCUT2D eigenvalue weighted by Gasteiger charge is 2.24. The van der Waals surface area contributed by atoms with Crippen molar-refractivity contribution < 1.29 is 55.4 Å². The lowest BCUT2D eigenvalue weighted by atomic mass is 10.0. The molecule has 7 N–H and O–H groups in total. The Hall–Kier alpha value is -10.5. The molecule has 18 nitrogen and oxygen atoms in total. The van der Waals surface area contributed by atoms with Gasteiger partial charge >= 0.3 is 0 Å². The molecule has 0 saturated heterocycles. The highest BCUT2D eigenvalue weighted by Crippen LogP contribution is 2.34. The lowest BCUT2D eigenvalue weighted by molar-refractivity contribution is -0.115. The molecule has 0 aliphatic carbocycles. The number of H-pyrrole nitrogens is 2. The summed E-state index contributed by atoms with van der Waals surface area (Å²) in [6, 6.07) is 19.8. The van der Waals surface area contributed by atoms with Crippen molar-refractivity contribution in [1.29, 1.82) is 0 Å². The molecule has 82 heavy (non-hydrogen) atoms. The van der Waals surface area contributed by atoms with Crippen LogP contribution in [0.1, 0.15) is 77.2 Å². The molecule has 10 rings (SSSR count). The van der Waals surface area contributed by atoms with Crippen molar-refractivity contribution in [3.05, 3.63) is 246 Å². The predicted octanol–water partition coefficient (Wildman–Crippen LogP) is 7.45. The SMILES string of the molecule is CCO.O=C1Cc2ccc(/C=C/CNC(=O)c3cccn(Cc4cc(F)c(F)c(F)c4)c3=O)cc2N1.O=C1Nc2cc(/C=C/CNC(=O)c3cccn(Cc4cc(F)c(F)c(F)c4)c3=O)ccc2/C1=C/c1cnc[nH]1.O=Cc1cnc[nH]1. The predicted molar refractivity (Wildman–Crippen MR) is 292 cm³/mol. The van der Waals surface area contributed by atoms with Gasteiger partial charge in [-0.3, -0.25) is 33.6 Å². The van der Waals surface area contributed by atoms with E-state index >= 15 is 0 Å². The number of imidazole rings is 2. The number of nitrogens with one attached hydrogen (secondary N) is 6. The second kappa shape index (κ2) is 27.9. The first-order valence-corrected chi connectivity index (χ1v) is 24.6. The number of aromatic nitrogens is 6. The Morgan fingerprint density at radius 2 is 1.12 bits per heavy atom. The van der Waals surface area contributed by atoms with Crippen molar-refractivity contribution in [2.75, 3.05) is 30.3 Å². The molecule has 6 heterocycles. The van der Waals surface area contributed by atoms with Gasteiger partial charge in [0, 0.05) is 49.0 Å². The monoisotopic (exact) mass is 1130 g/mol. The highest BCUT2D eigenvalue weighted by molar-refractivity contribution is 6.34. The third-order valence-corrected chi connectivity index (χ3v) is 11.8. The standard InChI is InChI=1S/C28H20F3N5O3.C24H18F3N3O3.C4H4N2O.C2H6O/c29-22-9-17(10-23(30)25(22)31)14-36-8-2-4-20(28(36)39)26(37)33-7-1-3-16-5-6-19-21(12-18-13-32-15-34-18)27(38)35-24(19)11-16;25-18-9-15(10-19(26)22(18)27)13-30-8-2-4-17(24(30)33)23(32)28-7-1-3-14-5-6-16-12-21(31)29-20(16)11-14;7-2-4-1-5-3-6-4;1-2-3/h1-6,8-13,15H,7,14H2,(H,32,34)(H,33,37)(H,35,38);1-6,8-11H,7,12-13H2,(H,28,32)(H,29,31);1-3H,(H,5,6);3H,2H2,1H3/b3-1+,21-12-;3-1+;;. The van der Waals surface area contributed by atoms with Gasteiger partial charge in [-0.05, 0) is 101 Å². The van der Waals surface area contributed by atoms with Gasteiger partial charge in [0.05, 0.1) is 61.5 Å². The summed E-state index contributed by atoms with van der Waals surface area (Å²) in [4.78, 5) is 97.1. The van der Waals surface area contributed by atoms with E-state index in [4.69, 9.17) is 5.11 Å². The van der Waals surface area contributed by atoms with E-state index in [0.717, 1.165) is 61.3 Å². The van der Waals surface area contributed by atoms with Crippen LogP contribution < -0.4 is 32.4 Å². The largest absolute Gasteiger partial charge is 0.397 e. The van der Waals surface area contributed by atoms with Crippen molar-refractivity contribution in [3.63, 3.8) is 0 Å². The Labute approximate surface area is 461 Å². The van der Waals surface area contributed by atoms with E-state index in [2.05, 4.69) is 41.2 Å². The van der Waals surface area contributed by atoms with Crippen molar-refractivity contribution in [1.82, 2.24) is 39.7 Å². The molecule has 0 atom stereocenters. The van der Waals surface area contributed by atoms with E-state index < -0.39 is 57.8 Å². The summed E-state index contributed by atoms with van der Waals surface area (Å²) in [7, 11) is 0. The lowest BCUT2D eigenvalue weighted by Crippen LogP contribution is -2.33. The average molecular weight is 1130 g/mol. The van der Waals surface area contributed by atoms with E-state index in [0.29, 0.717) is 35.4 Å². The Morgan fingerprint density at radius 3 is 1.59 bits per heavy atom. The van der Waals surface area contributed by atoms with E-state index in [1.165, 1.54) is 55.5 Å². The minimum Gasteiger partial charge on any atom is -0.397 e. The van der Waals surface area contributed by atoms with Crippen LogP contribution in [0.5, 0.6) is 0 Å². The number of benzene rings is 4. The lowest BCUT2D eigenvalue weighted by Gasteiger charge is -2.09. The number of aldehydes is 1. The fraction of sp³-hybridized carbons (Fsp3) is 0.121. The summed E-state index contributed by atoms with van der Waals surface area (Å²) in [6.07, 6.45) is 18.5. The van der Waals surface area contributed by atoms with E-state index in [-0.39, 0.29) is 66.9 Å². The number of aromatic amines is 2. The zero-order chi connectivity index (χ0) is 58.9. The number of amides is 4. The summed E-state index contributed by atoms with van der Waals surface area (Å²) in [6.45, 7) is 1.70. The van der Waals surface area contributed by atoms with Crippen LogP contribution in [0.3, 0.4) is 0 Å². The van der Waals surface area contributed by atoms with Gasteiger partial charge in [0.25, 0.3) is 28.8 Å². The third-order valence-electron chi connectivity index (χ3n) is 11.8. The Balaban J connectivity index is 0.000000204. The first-order chi connectivity index (χ1) is 39.5. The Bertz CT molecular complexity index is 3830. The molecule has 420 valence electrons. The average Bonchev–Trinajstić information content (AvgIpc) is 4.49. The number of halogens is 6. The normalized spacial score (nSPS) is 12.5. The second-order valence-electron chi connectivity index (χ2n) is 17.6. The topological polar surface area (TPSA) is 255 Å². The van der Waals surface area contributed by atoms with Crippen LogP contribution in [-0.2, 0) is 29.1 Å². The molecule has 0 unspecified atom stereocenters. The Kier molecular flexibility index (Phi) is 20.1. The fourth-order valence-corrected chi connectivity index (χ4v) is 7.97. The van der Waals surface area contributed by atoms with Crippen LogP contribution >= 0.6 is 0 Å². The molecule has 4 amide bonds. The van der Waals surface area contributed by atoms with Crippen molar-refractivity contribution in [2.45, 2.75) is 26.4 Å². The van der Waals surface area contributed by atoms with Crippen molar-refractivity contribution >= 4 is 65.1 Å². The molecule has 4 aromatic carbocycles. The summed E-state index contributed by atoms with van der Waals surface area (Å²) in [5.74, 6) is -10.2. The Morgan fingerprint density at radius 1 is 0.646 bits per heavy atom. The number of fused-ring (bicyclic) bond motifs is 2. The number of carbonyl (C=O) groups is 5. The molecule has 2 aliphatic heterocycles. The number of rotatable bonds is 14. The molecular weight excluding hydrogens is 1080 g/mol. The molecule has 2 aliphatic rings. The van der Waals surface area contributed by atoms with E-state index in [1.807, 2.05) is 30.3 Å². The molecular formula is C58H48F6N10O8. The van der Waals surface area contributed by atoms with Gasteiger partial charge in [-0.1, -0.05) is 48.6 Å². The number of hydrogen-bond donors (Lipinski definition) is 7. The van der Waals surface area contributed by atoms with Gasteiger partial charge in [0.15, 0.2) is 41.2 Å². The van der Waals surface area contributed by atoms with Crippen LogP contribution in [0.4, 0.5) is 37.7 Å². The summed E-state index contributed by atoms with van der Waals surface area (Å²) in [5, 5.41) is 18.4. The number of carbonyl (C=O) groups excluding carboxylic acids is 5. The fourth-order valence-electron chi connectivity index (χ4n) is 7.97. The van der Waals surface area contributed by atoms with Crippen LogP contribution in [0, 0.1) is 34.9 Å². The van der Waals surface area contributed by atoms with E-state index in [9.17, 15) is 59.9 Å². The molecule has 24 heteroatoms. The zero-order valence-corrected chi connectivity index (χ0v) is 43.1. The summed E-state index contributed by atoms with van der Waals surface area (Å²) < 4.78 is 82.5. The number of aliphatic hydroxyl groups excluding tert-OH is 1. The molecule has 4 aromatic heterocycles. The van der Waals surface area contributed by atoms with Gasteiger partial charge in [-0.25, -0.2) is 36.3 Å². The van der Waals surface area contributed by atoms with Crippen molar-refractivity contribution in [2.24, 2.45) is 0 Å². The van der Waals surface area contributed by atoms with E-state index in [1.54, 1.807) is 49.6 Å². The van der Waals surface area contributed by atoms with Gasteiger partial charge < -0.3 is 45.5 Å². The second-order valence-corrected chi connectivity index (χ2v) is 17.6. The molecule has 0 bridgehead atoms. The maximum absolute atomic E-state index is 13.5. The maximum Gasteiger partial charge on any atom is 0.263 e. The summed E-state index contributed by atoms with van der Waals surface area (Å²) in [5.41, 5.74) is 4.90. The number of hydrogen-bond acceptors (Lipinski definition) is 10. The minimum atomic E-state index is -1.59. The van der Waals surface area contributed by atoms with Crippen LogP contribution in [-0.4, -0.2) is 83.8 Å². The smallest absolute Gasteiger partial charge is 0.263 e. The molecule has 8 aromatic rings. The van der Waals surface area contributed by atoms with Crippen LogP contribution in [0.15, 0.2) is 144 Å². The number of nitrogens with zero attached hydrogens (tertiary/aromatic N) is 4. The zero-order valence-electron chi connectivity index (χ0n) is 43.1. The first kappa shape index (κ1) is 59.2. The van der Waals surface area contributed by atoms with Gasteiger partial charge in [0.1, 0.15) is 11.1 Å². The van der Waals surface area contributed by atoms with Crippen molar-refractivity contribution in [3.8, 4) is 0 Å². The summed E-state index contributed by atoms with van der Waals surface area (Å²) >= 11 is 0. The third kappa shape index (κ3) is 15.4. The molecule has 0 fully saturated rings. The number of anilines is 2. The number of pyridine rings is 2. The molecule has 0 spiro atoms. The van der Waals surface area contributed by atoms with Crippen LogP contribution in [0.2, 0.25) is 0 Å².